The molecule has 2 rings (SSSR count). The van der Waals surface area contributed by atoms with Crippen molar-refractivity contribution in [2.24, 2.45) is 0 Å². The lowest BCUT2D eigenvalue weighted by Crippen LogP contribution is -2.14. The number of hydrogen-bond acceptors (Lipinski definition) is 3. The predicted molar refractivity (Wildman–Crippen MR) is 66.9 cm³/mol. The first-order chi connectivity index (χ1) is 7.16. The van der Waals surface area contributed by atoms with Gasteiger partial charge in [0.05, 0.1) is 6.10 Å². The molecule has 4 heteroatoms. The van der Waals surface area contributed by atoms with Crippen LogP contribution >= 0.6 is 27.9 Å². The Labute approximate surface area is 103 Å². The summed E-state index contributed by atoms with van der Waals surface area (Å²) in [6.07, 6.45) is 0.741. The molecular formula is C11H14BrNOS. The molecule has 0 bridgehead atoms. The Kier molecular flexibility index (Phi) is 3.72. The van der Waals surface area contributed by atoms with E-state index in [1.165, 1.54) is 10.5 Å². The largest absolute Gasteiger partial charge is 0.392 e. The normalized spacial score (nSPS) is 22.2. The smallest absolute Gasteiger partial charge is 0.0689 e. The zero-order valence-electron chi connectivity index (χ0n) is 8.61. The average Bonchev–Trinajstić information content (AvgIpc) is 2.59. The van der Waals surface area contributed by atoms with Crippen molar-refractivity contribution in [1.82, 2.24) is 4.31 Å². The second kappa shape index (κ2) is 4.87. The van der Waals surface area contributed by atoms with Crippen molar-refractivity contribution in [2.75, 3.05) is 13.1 Å². The van der Waals surface area contributed by atoms with E-state index in [0.29, 0.717) is 0 Å². The third-order valence-corrected chi connectivity index (χ3v) is 4.66. The van der Waals surface area contributed by atoms with Crippen molar-refractivity contribution < 1.29 is 5.11 Å². The first-order valence-corrected chi connectivity index (χ1v) is 6.59. The van der Waals surface area contributed by atoms with Crippen LogP contribution in [0.5, 0.6) is 0 Å². The maximum atomic E-state index is 9.44. The fourth-order valence-electron chi connectivity index (χ4n) is 1.62. The summed E-state index contributed by atoms with van der Waals surface area (Å²) in [6, 6.07) is 6.22. The van der Waals surface area contributed by atoms with Gasteiger partial charge in [-0.05, 0) is 43.0 Å². The topological polar surface area (TPSA) is 23.5 Å². The Balaban J connectivity index is 2.07. The van der Waals surface area contributed by atoms with E-state index in [-0.39, 0.29) is 6.10 Å². The Hall–Kier alpha value is -0.0300. The number of aliphatic hydroxyl groups is 1. The van der Waals surface area contributed by atoms with Crippen LogP contribution in [-0.2, 0) is 0 Å². The van der Waals surface area contributed by atoms with Gasteiger partial charge >= 0.3 is 0 Å². The summed E-state index contributed by atoms with van der Waals surface area (Å²) in [5.41, 5.74) is 1.27. The van der Waals surface area contributed by atoms with Gasteiger partial charge in [-0.15, -0.1) is 0 Å². The summed E-state index contributed by atoms with van der Waals surface area (Å²) in [7, 11) is 0. The summed E-state index contributed by atoms with van der Waals surface area (Å²) in [5, 5.41) is 9.44. The number of hydrogen-bond donors (Lipinski definition) is 1. The molecule has 1 heterocycles. The van der Waals surface area contributed by atoms with Crippen molar-refractivity contribution in [3.63, 3.8) is 0 Å². The molecule has 1 aliphatic heterocycles. The van der Waals surface area contributed by atoms with Gasteiger partial charge in [-0.2, -0.15) is 0 Å². The van der Waals surface area contributed by atoms with Crippen LogP contribution in [0.4, 0.5) is 0 Å². The fourth-order valence-corrected chi connectivity index (χ4v) is 3.22. The Morgan fingerprint density at radius 1 is 1.53 bits per heavy atom. The van der Waals surface area contributed by atoms with Crippen LogP contribution in [-0.4, -0.2) is 28.6 Å². The van der Waals surface area contributed by atoms with Crippen molar-refractivity contribution in [1.29, 1.82) is 0 Å². The average molecular weight is 288 g/mol. The van der Waals surface area contributed by atoms with Gasteiger partial charge in [-0.3, -0.25) is 0 Å². The van der Waals surface area contributed by atoms with E-state index >= 15 is 0 Å². The van der Waals surface area contributed by atoms with Gasteiger partial charge in [-0.1, -0.05) is 22.0 Å². The molecule has 0 amide bonds. The zero-order valence-corrected chi connectivity index (χ0v) is 11.0. The standard InChI is InChI=1S/C11H14BrNOS/c1-8-10(12)3-2-4-11(8)15-13-6-5-9(14)7-13/h2-4,9,14H,5-7H2,1H3. The minimum absolute atomic E-state index is 0.148. The Morgan fingerprint density at radius 2 is 2.33 bits per heavy atom. The van der Waals surface area contributed by atoms with Crippen LogP contribution in [0.25, 0.3) is 0 Å². The molecule has 1 atom stereocenters. The second-order valence-corrected chi connectivity index (χ2v) is 5.78. The molecule has 1 fully saturated rings. The molecule has 1 aliphatic rings. The number of nitrogens with zero attached hydrogens (tertiary/aromatic N) is 1. The van der Waals surface area contributed by atoms with Gasteiger partial charge in [0.15, 0.2) is 0 Å². The number of β-amino-alcohol motifs (C(OH)–C–C–N with tert-alkyl or cyclic N) is 1. The third-order valence-electron chi connectivity index (χ3n) is 2.57. The fraction of sp³-hybridized carbons (Fsp3) is 0.455. The zero-order chi connectivity index (χ0) is 10.8. The molecule has 0 spiro atoms. The number of benzene rings is 1. The summed E-state index contributed by atoms with van der Waals surface area (Å²) >= 11 is 5.27. The minimum Gasteiger partial charge on any atom is -0.392 e. The van der Waals surface area contributed by atoms with Gasteiger partial charge in [-0.25, -0.2) is 4.31 Å². The van der Waals surface area contributed by atoms with Gasteiger partial charge < -0.3 is 5.11 Å². The highest BCUT2D eigenvalue weighted by atomic mass is 79.9. The van der Waals surface area contributed by atoms with Crippen LogP contribution in [0, 0.1) is 6.92 Å². The first kappa shape index (κ1) is 11.5. The maximum Gasteiger partial charge on any atom is 0.0689 e. The van der Waals surface area contributed by atoms with Crippen LogP contribution in [0.1, 0.15) is 12.0 Å². The third kappa shape index (κ3) is 2.75. The molecule has 15 heavy (non-hydrogen) atoms. The first-order valence-electron chi connectivity index (χ1n) is 5.03. The highest BCUT2D eigenvalue weighted by Gasteiger charge is 2.21. The highest BCUT2D eigenvalue weighted by molar-refractivity contribution is 9.10. The summed E-state index contributed by atoms with van der Waals surface area (Å²) in [5.74, 6) is 0. The quantitative estimate of drug-likeness (QED) is 0.847. The molecule has 0 aromatic heterocycles. The SMILES string of the molecule is Cc1c(Br)cccc1SN1CCC(O)C1. The lowest BCUT2D eigenvalue weighted by atomic mass is 10.2. The molecule has 1 aromatic rings. The van der Waals surface area contributed by atoms with Crippen LogP contribution in [0.3, 0.4) is 0 Å². The number of aliphatic hydroxyl groups excluding tert-OH is 1. The highest BCUT2D eigenvalue weighted by Crippen LogP contribution is 2.32. The number of rotatable bonds is 2. The van der Waals surface area contributed by atoms with Crippen molar-refractivity contribution >= 4 is 27.9 Å². The monoisotopic (exact) mass is 287 g/mol. The maximum absolute atomic E-state index is 9.44. The summed E-state index contributed by atoms with van der Waals surface area (Å²) in [6.45, 7) is 3.85. The van der Waals surface area contributed by atoms with Gasteiger partial charge in [0, 0.05) is 22.5 Å². The van der Waals surface area contributed by atoms with E-state index in [4.69, 9.17) is 0 Å². The van der Waals surface area contributed by atoms with Crippen molar-refractivity contribution in [3.8, 4) is 0 Å². The molecule has 0 aliphatic carbocycles. The molecular weight excluding hydrogens is 274 g/mol. The summed E-state index contributed by atoms with van der Waals surface area (Å²) < 4.78 is 3.37. The van der Waals surface area contributed by atoms with Crippen molar-refractivity contribution in [2.45, 2.75) is 24.3 Å². The molecule has 1 aromatic carbocycles. The van der Waals surface area contributed by atoms with E-state index in [9.17, 15) is 5.11 Å². The molecule has 82 valence electrons. The molecule has 1 saturated heterocycles. The van der Waals surface area contributed by atoms with Crippen LogP contribution in [0.15, 0.2) is 27.6 Å². The minimum atomic E-state index is -0.148. The molecule has 1 N–H and O–H groups in total. The Bertz CT molecular complexity index is 358. The van der Waals surface area contributed by atoms with Gasteiger partial charge in [0.25, 0.3) is 0 Å². The van der Waals surface area contributed by atoms with Gasteiger partial charge in [0.2, 0.25) is 0 Å². The Morgan fingerprint density at radius 3 is 3.00 bits per heavy atom. The molecule has 2 nitrogen and oxygen atoms in total. The van der Waals surface area contributed by atoms with Crippen LogP contribution in [0.2, 0.25) is 0 Å². The van der Waals surface area contributed by atoms with Gasteiger partial charge in [0.1, 0.15) is 0 Å². The van der Waals surface area contributed by atoms with E-state index in [1.54, 1.807) is 11.9 Å². The predicted octanol–water partition coefficient (Wildman–Crippen LogP) is 2.83. The van der Waals surface area contributed by atoms with E-state index in [0.717, 1.165) is 24.0 Å². The summed E-state index contributed by atoms with van der Waals surface area (Å²) in [4.78, 5) is 1.26. The van der Waals surface area contributed by atoms with E-state index < -0.39 is 0 Å². The molecule has 0 saturated carbocycles. The second-order valence-electron chi connectivity index (χ2n) is 3.78. The lowest BCUT2D eigenvalue weighted by molar-refractivity contribution is 0.190. The van der Waals surface area contributed by atoms with Crippen LogP contribution < -0.4 is 0 Å². The lowest BCUT2D eigenvalue weighted by Gasteiger charge is -2.15. The number of halogens is 1. The molecule has 0 radical (unpaired) electrons. The molecule has 1 unspecified atom stereocenters. The van der Waals surface area contributed by atoms with Crippen molar-refractivity contribution in [3.05, 3.63) is 28.2 Å². The van der Waals surface area contributed by atoms with E-state index in [2.05, 4.69) is 39.3 Å². The van der Waals surface area contributed by atoms with E-state index in [1.807, 2.05) is 6.07 Å².